The molecule has 1 saturated carbocycles. The summed E-state index contributed by atoms with van der Waals surface area (Å²) in [5.41, 5.74) is 5.66. The predicted molar refractivity (Wildman–Crippen MR) is 57.6 cm³/mol. The molecule has 1 aliphatic rings. The van der Waals surface area contributed by atoms with E-state index in [0.717, 1.165) is 18.6 Å². The number of hydrogen-bond donors (Lipinski definition) is 1. The maximum absolute atomic E-state index is 11.9. The molecule has 2 rings (SSSR count). The van der Waals surface area contributed by atoms with Crippen molar-refractivity contribution in [3.05, 3.63) is 17.9 Å². The van der Waals surface area contributed by atoms with E-state index >= 15 is 0 Å². The third-order valence-corrected chi connectivity index (χ3v) is 2.91. The van der Waals surface area contributed by atoms with E-state index in [0.29, 0.717) is 5.88 Å². The zero-order chi connectivity index (χ0) is 11.0. The van der Waals surface area contributed by atoms with Gasteiger partial charge in [0.15, 0.2) is 0 Å². The maximum atomic E-state index is 11.9. The molecule has 0 aliphatic heterocycles. The maximum Gasteiger partial charge on any atom is 0.232 e. The SMILES string of the molecule is Cc1ccc(N(C)C(=O)C2CC(N)C2)o1. The summed E-state index contributed by atoms with van der Waals surface area (Å²) in [5.74, 6) is 1.61. The zero-order valence-electron chi connectivity index (χ0n) is 9.06. The lowest BCUT2D eigenvalue weighted by atomic mass is 9.80. The van der Waals surface area contributed by atoms with Crippen LogP contribution in [0.2, 0.25) is 0 Å². The summed E-state index contributed by atoms with van der Waals surface area (Å²) in [6.07, 6.45) is 1.59. The molecule has 0 radical (unpaired) electrons. The van der Waals surface area contributed by atoms with Gasteiger partial charge in [-0.25, -0.2) is 0 Å². The summed E-state index contributed by atoms with van der Waals surface area (Å²) in [4.78, 5) is 13.5. The molecule has 2 N–H and O–H groups in total. The van der Waals surface area contributed by atoms with Gasteiger partial charge in [0.1, 0.15) is 5.76 Å². The summed E-state index contributed by atoms with van der Waals surface area (Å²) in [5, 5.41) is 0. The van der Waals surface area contributed by atoms with Crippen LogP contribution in [0.15, 0.2) is 16.5 Å². The Morgan fingerprint density at radius 2 is 2.20 bits per heavy atom. The standard InChI is InChI=1S/C11H16N2O2/c1-7-3-4-10(15-7)13(2)11(14)8-5-9(12)6-8/h3-4,8-9H,5-6,12H2,1-2H3. The molecular formula is C11H16N2O2. The second kappa shape index (κ2) is 3.70. The number of aryl methyl sites for hydroxylation is 1. The number of nitrogens with zero attached hydrogens (tertiary/aromatic N) is 1. The van der Waals surface area contributed by atoms with Crippen molar-refractivity contribution in [2.75, 3.05) is 11.9 Å². The first-order valence-electron chi connectivity index (χ1n) is 5.17. The summed E-state index contributed by atoms with van der Waals surface area (Å²) in [7, 11) is 1.74. The fourth-order valence-corrected chi connectivity index (χ4v) is 1.85. The number of furan rings is 1. The largest absolute Gasteiger partial charge is 0.445 e. The van der Waals surface area contributed by atoms with E-state index in [-0.39, 0.29) is 17.9 Å². The normalized spacial score (nSPS) is 24.7. The number of hydrogen-bond acceptors (Lipinski definition) is 3. The van der Waals surface area contributed by atoms with Gasteiger partial charge in [0.25, 0.3) is 0 Å². The van der Waals surface area contributed by atoms with E-state index < -0.39 is 0 Å². The van der Waals surface area contributed by atoms with E-state index in [1.165, 1.54) is 0 Å². The van der Waals surface area contributed by atoms with Gasteiger partial charge in [-0.3, -0.25) is 9.69 Å². The van der Waals surface area contributed by atoms with Gasteiger partial charge in [0.05, 0.1) is 0 Å². The van der Waals surface area contributed by atoms with Crippen LogP contribution in [0.25, 0.3) is 0 Å². The Morgan fingerprint density at radius 1 is 1.53 bits per heavy atom. The van der Waals surface area contributed by atoms with E-state index in [9.17, 15) is 4.79 Å². The molecule has 1 aromatic rings. The molecule has 1 heterocycles. The van der Waals surface area contributed by atoms with Gasteiger partial charge >= 0.3 is 0 Å². The van der Waals surface area contributed by atoms with Gasteiger partial charge in [-0.2, -0.15) is 0 Å². The Morgan fingerprint density at radius 3 is 2.67 bits per heavy atom. The molecule has 4 nitrogen and oxygen atoms in total. The van der Waals surface area contributed by atoms with Gasteiger partial charge in [-0.15, -0.1) is 0 Å². The molecule has 4 heteroatoms. The molecule has 0 bridgehead atoms. The minimum absolute atomic E-state index is 0.0791. The molecule has 0 aromatic carbocycles. The van der Waals surface area contributed by atoms with Crippen molar-refractivity contribution in [1.29, 1.82) is 0 Å². The summed E-state index contributed by atoms with van der Waals surface area (Å²) in [6.45, 7) is 1.86. The third kappa shape index (κ3) is 1.90. The van der Waals surface area contributed by atoms with E-state index in [2.05, 4.69) is 0 Å². The Kier molecular flexibility index (Phi) is 2.52. The average Bonchev–Trinajstić information content (AvgIpc) is 2.58. The number of nitrogens with two attached hydrogens (primary N) is 1. The first-order valence-corrected chi connectivity index (χ1v) is 5.17. The highest BCUT2D eigenvalue weighted by atomic mass is 16.4. The number of amides is 1. The van der Waals surface area contributed by atoms with E-state index in [4.69, 9.17) is 10.2 Å². The smallest absolute Gasteiger partial charge is 0.232 e. The topological polar surface area (TPSA) is 59.5 Å². The molecule has 0 atom stereocenters. The van der Waals surface area contributed by atoms with E-state index in [1.54, 1.807) is 11.9 Å². The number of carbonyl (C=O) groups excluding carboxylic acids is 1. The quantitative estimate of drug-likeness (QED) is 0.796. The second-order valence-electron chi connectivity index (χ2n) is 4.21. The number of anilines is 1. The van der Waals surface area contributed by atoms with Crippen LogP contribution >= 0.6 is 0 Å². The Labute approximate surface area is 89.0 Å². The number of carbonyl (C=O) groups is 1. The molecule has 1 aliphatic carbocycles. The highest BCUT2D eigenvalue weighted by Gasteiger charge is 2.34. The summed E-state index contributed by atoms with van der Waals surface area (Å²) in [6, 6.07) is 3.86. The minimum Gasteiger partial charge on any atom is -0.445 e. The van der Waals surface area contributed by atoms with Crippen LogP contribution in [-0.2, 0) is 4.79 Å². The Bertz CT molecular complexity index is 366. The van der Waals surface area contributed by atoms with Crippen LogP contribution in [-0.4, -0.2) is 19.0 Å². The molecule has 1 fully saturated rings. The Balaban J connectivity index is 2.02. The van der Waals surface area contributed by atoms with Crippen molar-refractivity contribution in [3.63, 3.8) is 0 Å². The molecular weight excluding hydrogens is 192 g/mol. The first kappa shape index (κ1) is 10.2. The van der Waals surface area contributed by atoms with Gasteiger partial charge < -0.3 is 10.2 Å². The van der Waals surface area contributed by atoms with Crippen LogP contribution in [0, 0.1) is 12.8 Å². The summed E-state index contributed by atoms with van der Waals surface area (Å²) < 4.78 is 5.39. The Hall–Kier alpha value is -1.29. The lowest BCUT2D eigenvalue weighted by Crippen LogP contribution is -2.45. The van der Waals surface area contributed by atoms with Crippen LogP contribution in [0.4, 0.5) is 5.88 Å². The fourth-order valence-electron chi connectivity index (χ4n) is 1.85. The molecule has 0 unspecified atom stereocenters. The van der Waals surface area contributed by atoms with Crippen LogP contribution in [0.3, 0.4) is 0 Å². The molecule has 15 heavy (non-hydrogen) atoms. The lowest BCUT2D eigenvalue weighted by Gasteiger charge is -2.33. The van der Waals surface area contributed by atoms with Crippen LogP contribution < -0.4 is 10.6 Å². The van der Waals surface area contributed by atoms with Gasteiger partial charge in [-0.1, -0.05) is 0 Å². The minimum atomic E-state index is 0.0791. The highest BCUT2D eigenvalue weighted by Crippen LogP contribution is 2.29. The third-order valence-electron chi connectivity index (χ3n) is 2.91. The van der Waals surface area contributed by atoms with E-state index in [1.807, 2.05) is 19.1 Å². The first-order chi connectivity index (χ1) is 7.08. The monoisotopic (exact) mass is 208 g/mol. The van der Waals surface area contributed by atoms with Crippen molar-refractivity contribution in [1.82, 2.24) is 0 Å². The fraction of sp³-hybridized carbons (Fsp3) is 0.545. The van der Waals surface area contributed by atoms with Crippen LogP contribution in [0.5, 0.6) is 0 Å². The van der Waals surface area contributed by atoms with Crippen molar-refractivity contribution in [2.24, 2.45) is 11.7 Å². The molecule has 0 saturated heterocycles. The molecule has 1 aromatic heterocycles. The van der Waals surface area contributed by atoms with Crippen molar-refractivity contribution in [2.45, 2.75) is 25.8 Å². The lowest BCUT2D eigenvalue weighted by molar-refractivity contribution is -0.125. The zero-order valence-corrected chi connectivity index (χ0v) is 9.06. The van der Waals surface area contributed by atoms with Crippen LogP contribution in [0.1, 0.15) is 18.6 Å². The van der Waals surface area contributed by atoms with Gasteiger partial charge in [-0.05, 0) is 25.8 Å². The molecule has 1 amide bonds. The van der Waals surface area contributed by atoms with Crippen molar-refractivity contribution < 1.29 is 9.21 Å². The average molecular weight is 208 g/mol. The second-order valence-corrected chi connectivity index (χ2v) is 4.21. The molecule has 82 valence electrons. The number of rotatable bonds is 2. The van der Waals surface area contributed by atoms with Crippen molar-refractivity contribution >= 4 is 11.8 Å². The van der Waals surface area contributed by atoms with Gasteiger partial charge in [0, 0.05) is 25.1 Å². The highest BCUT2D eigenvalue weighted by molar-refractivity contribution is 5.93. The summed E-state index contributed by atoms with van der Waals surface area (Å²) >= 11 is 0. The molecule has 0 spiro atoms. The van der Waals surface area contributed by atoms with Gasteiger partial charge in [0.2, 0.25) is 11.8 Å². The predicted octanol–water partition coefficient (Wildman–Crippen LogP) is 1.29. The van der Waals surface area contributed by atoms with Crippen molar-refractivity contribution in [3.8, 4) is 0 Å².